The molecule has 3 rings (SSSR count). The Morgan fingerprint density at radius 3 is 2.48 bits per heavy atom. The van der Waals surface area contributed by atoms with Crippen LogP contribution in [0.4, 0.5) is 0 Å². The first-order chi connectivity index (χ1) is 11.5. The standard InChI is InChI=1S/C18H22N2O3S.ClH/c1-14-3-2-4-17(11-14)23-16-5-7-18(8-6-16)24(21,22)20-10-9-15(12-19)13-20;/h2-8,11,15H,9-10,12-13,19H2,1H3;1H. The first-order valence-electron chi connectivity index (χ1n) is 8.04. The lowest BCUT2D eigenvalue weighted by atomic mass is 10.1. The largest absolute Gasteiger partial charge is 0.457 e. The van der Waals surface area contributed by atoms with E-state index in [4.69, 9.17) is 10.5 Å². The van der Waals surface area contributed by atoms with Crippen LogP contribution in [0.2, 0.25) is 0 Å². The number of ether oxygens (including phenoxy) is 1. The van der Waals surface area contributed by atoms with E-state index in [2.05, 4.69) is 0 Å². The topological polar surface area (TPSA) is 72.6 Å². The van der Waals surface area contributed by atoms with Gasteiger partial charge in [-0.3, -0.25) is 0 Å². The summed E-state index contributed by atoms with van der Waals surface area (Å²) in [4.78, 5) is 0.289. The third-order valence-corrected chi connectivity index (χ3v) is 6.15. The van der Waals surface area contributed by atoms with Crippen LogP contribution in [0.25, 0.3) is 0 Å². The van der Waals surface area contributed by atoms with Crippen LogP contribution in [0.3, 0.4) is 0 Å². The van der Waals surface area contributed by atoms with Crippen LogP contribution >= 0.6 is 12.4 Å². The smallest absolute Gasteiger partial charge is 0.243 e. The van der Waals surface area contributed by atoms with Gasteiger partial charge in [0.1, 0.15) is 11.5 Å². The Morgan fingerprint density at radius 1 is 1.16 bits per heavy atom. The monoisotopic (exact) mass is 382 g/mol. The molecular formula is C18H23ClN2O3S. The number of benzene rings is 2. The van der Waals surface area contributed by atoms with Crippen molar-refractivity contribution in [3.05, 3.63) is 54.1 Å². The highest BCUT2D eigenvalue weighted by atomic mass is 35.5. The molecule has 2 aromatic rings. The predicted molar refractivity (Wildman–Crippen MR) is 101 cm³/mol. The Balaban J connectivity index is 0.00000225. The number of hydrogen-bond acceptors (Lipinski definition) is 4. The molecule has 0 aromatic heterocycles. The van der Waals surface area contributed by atoms with Gasteiger partial charge in [0.15, 0.2) is 0 Å². The molecule has 2 aromatic carbocycles. The second-order valence-corrected chi connectivity index (χ2v) is 8.08. The second kappa shape index (κ2) is 8.19. The van der Waals surface area contributed by atoms with Crippen LogP contribution in [-0.2, 0) is 10.0 Å². The summed E-state index contributed by atoms with van der Waals surface area (Å²) in [5.41, 5.74) is 6.75. The van der Waals surface area contributed by atoms with Crippen LogP contribution in [0, 0.1) is 12.8 Å². The third kappa shape index (κ3) is 4.52. The Kier molecular flexibility index (Phi) is 6.46. The molecule has 0 spiro atoms. The summed E-state index contributed by atoms with van der Waals surface area (Å²) in [6.45, 7) is 3.55. The van der Waals surface area contributed by atoms with E-state index >= 15 is 0 Å². The molecule has 1 heterocycles. The Morgan fingerprint density at radius 2 is 1.88 bits per heavy atom. The van der Waals surface area contributed by atoms with Crippen LogP contribution in [0.1, 0.15) is 12.0 Å². The van der Waals surface area contributed by atoms with E-state index in [1.165, 1.54) is 4.31 Å². The zero-order valence-corrected chi connectivity index (χ0v) is 15.7. The van der Waals surface area contributed by atoms with Gasteiger partial charge >= 0.3 is 0 Å². The van der Waals surface area contributed by atoms with Crippen LogP contribution in [0.5, 0.6) is 11.5 Å². The number of hydrogen-bond donors (Lipinski definition) is 1. The first kappa shape index (κ1) is 19.7. The van der Waals surface area contributed by atoms with Crippen molar-refractivity contribution < 1.29 is 13.2 Å². The third-order valence-electron chi connectivity index (χ3n) is 4.27. The van der Waals surface area contributed by atoms with Crippen molar-refractivity contribution in [2.75, 3.05) is 19.6 Å². The van der Waals surface area contributed by atoms with Gasteiger partial charge in [-0.05, 0) is 67.8 Å². The lowest BCUT2D eigenvalue weighted by Crippen LogP contribution is -2.29. The molecular weight excluding hydrogens is 360 g/mol. The van der Waals surface area contributed by atoms with Gasteiger partial charge in [0.25, 0.3) is 0 Å². The maximum absolute atomic E-state index is 12.7. The first-order valence-corrected chi connectivity index (χ1v) is 9.48. The average molecular weight is 383 g/mol. The molecule has 25 heavy (non-hydrogen) atoms. The summed E-state index contributed by atoms with van der Waals surface area (Å²) in [6, 6.07) is 14.3. The molecule has 7 heteroatoms. The quantitative estimate of drug-likeness (QED) is 0.861. The van der Waals surface area contributed by atoms with Gasteiger partial charge in [-0.1, -0.05) is 12.1 Å². The highest BCUT2D eigenvalue weighted by Gasteiger charge is 2.31. The zero-order valence-electron chi connectivity index (χ0n) is 14.1. The van der Waals surface area contributed by atoms with Crippen molar-refractivity contribution in [2.45, 2.75) is 18.2 Å². The van der Waals surface area contributed by atoms with Gasteiger partial charge in [-0.2, -0.15) is 4.31 Å². The predicted octanol–water partition coefficient (Wildman–Crippen LogP) is 3.18. The van der Waals surface area contributed by atoms with Crippen LogP contribution in [0.15, 0.2) is 53.4 Å². The van der Waals surface area contributed by atoms with E-state index < -0.39 is 10.0 Å². The molecule has 0 radical (unpaired) electrons. The summed E-state index contributed by atoms with van der Waals surface area (Å²) in [5.74, 6) is 1.60. The molecule has 0 saturated carbocycles. The van der Waals surface area contributed by atoms with Gasteiger partial charge in [0.2, 0.25) is 10.0 Å². The van der Waals surface area contributed by atoms with Crippen LogP contribution in [-0.4, -0.2) is 32.4 Å². The summed E-state index contributed by atoms with van der Waals surface area (Å²) < 4.78 is 32.6. The number of halogens is 1. The van der Waals surface area contributed by atoms with E-state index in [1.807, 2.05) is 31.2 Å². The lowest BCUT2D eigenvalue weighted by molar-refractivity contribution is 0.458. The summed E-state index contributed by atoms with van der Waals surface area (Å²) in [6.07, 6.45) is 0.824. The minimum atomic E-state index is -3.46. The molecule has 136 valence electrons. The highest BCUT2D eigenvalue weighted by molar-refractivity contribution is 7.89. The minimum Gasteiger partial charge on any atom is -0.457 e. The minimum absolute atomic E-state index is 0. The van der Waals surface area contributed by atoms with E-state index in [-0.39, 0.29) is 23.2 Å². The fourth-order valence-corrected chi connectivity index (χ4v) is 4.38. The van der Waals surface area contributed by atoms with Crippen molar-refractivity contribution in [1.29, 1.82) is 0 Å². The fraction of sp³-hybridized carbons (Fsp3) is 0.333. The van der Waals surface area contributed by atoms with E-state index in [0.29, 0.717) is 25.4 Å². The average Bonchev–Trinajstić information content (AvgIpc) is 3.05. The maximum atomic E-state index is 12.7. The fourth-order valence-electron chi connectivity index (χ4n) is 2.85. The SMILES string of the molecule is Cc1cccc(Oc2ccc(S(=O)(=O)N3CCC(CN)C3)cc2)c1.Cl. The molecule has 2 N–H and O–H groups in total. The summed E-state index contributed by atoms with van der Waals surface area (Å²) in [7, 11) is -3.46. The molecule has 1 aliphatic rings. The number of sulfonamides is 1. The van der Waals surface area contributed by atoms with Crippen LogP contribution < -0.4 is 10.5 Å². The molecule has 1 aliphatic heterocycles. The lowest BCUT2D eigenvalue weighted by Gasteiger charge is -2.16. The van der Waals surface area contributed by atoms with Crippen molar-refractivity contribution in [1.82, 2.24) is 4.31 Å². The molecule has 1 saturated heterocycles. The molecule has 0 bridgehead atoms. The molecule has 5 nitrogen and oxygen atoms in total. The Labute approximate surface area is 155 Å². The van der Waals surface area contributed by atoms with Gasteiger partial charge in [-0.25, -0.2) is 8.42 Å². The summed E-state index contributed by atoms with van der Waals surface area (Å²) >= 11 is 0. The van der Waals surface area contributed by atoms with Gasteiger partial charge in [0.05, 0.1) is 4.90 Å². The van der Waals surface area contributed by atoms with Gasteiger partial charge in [-0.15, -0.1) is 12.4 Å². The van der Waals surface area contributed by atoms with E-state index in [1.54, 1.807) is 24.3 Å². The van der Waals surface area contributed by atoms with Gasteiger partial charge in [0, 0.05) is 13.1 Å². The molecule has 1 atom stereocenters. The normalized spacial score (nSPS) is 17.9. The van der Waals surface area contributed by atoms with Crippen molar-refractivity contribution in [2.24, 2.45) is 11.7 Å². The van der Waals surface area contributed by atoms with Crippen molar-refractivity contribution >= 4 is 22.4 Å². The number of nitrogens with zero attached hydrogens (tertiary/aromatic N) is 1. The second-order valence-electron chi connectivity index (χ2n) is 6.14. The van der Waals surface area contributed by atoms with Gasteiger partial charge < -0.3 is 10.5 Å². The molecule has 1 unspecified atom stereocenters. The number of nitrogens with two attached hydrogens (primary N) is 1. The maximum Gasteiger partial charge on any atom is 0.243 e. The highest BCUT2D eigenvalue weighted by Crippen LogP contribution is 2.27. The van der Waals surface area contributed by atoms with E-state index in [9.17, 15) is 8.42 Å². The van der Waals surface area contributed by atoms with Crippen molar-refractivity contribution in [3.63, 3.8) is 0 Å². The molecule has 0 aliphatic carbocycles. The Hall–Kier alpha value is -1.60. The van der Waals surface area contributed by atoms with E-state index in [0.717, 1.165) is 17.7 Å². The molecule has 0 amide bonds. The zero-order chi connectivity index (χ0) is 17.2. The van der Waals surface area contributed by atoms with Crippen molar-refractivity contribution in [3.8, 4) is 11.5 Å². The summed E-state index contributed by atoms with van der Waals surface area (Å²) in [5, 5.41) is 0. The number of aryl methyl sites for hydroxylation is 1. The Bertz CT molecular complexity index is 809. The number of rotatable bonds is 5. The molecule has 1 fully saturated rings.